The number of aliphatic hydroxyl groups excluding tert-OH is 1. The second kappa shape index (κ2) is 2.09. The molecule has 1 aliphatic heterocycles. The van der Waals surface area contributed by atoms with Crippen LogP contribution in [0, 0.1) is 0 Å². The van der Waals surface area contributed by atoms with Crippen LogP contribution in [-0.2, 0) is 4.79 Å². The number of rotatable bonds is 0. The average Bonchev–Trinajstić information content (AvgIpc) is 1.80. The van der Waals surface area contributed by atoms with E-state index >= 15 is 0 Å². The molecule has 0 aliphatic carbocycles. The molecule has 3 heteroatoms. The number of carbonyl (C=O) groups excluding carboxylic acids is 1. The lowest BCUT2D eigenvalue weighted by Gasteiger charge is -2.17. The Morgan fingerprint density at radius 1 is 1.78 bits per heavy atom. The highest BCUT2D eigenvalue weighted by atomic mass is 16.3. The van der Waals surface area contributed by atoms with Gasteiger partial charge in [0.05, 0.1) is 0 Å². The number of carbonyl (C=O) groups is 1. The maximum atomic E-state index is 10.6. The molecular weight excluding hydrogens is 118 g/mol. The summed E-state index contributed by atoms with van der Waals surface area (Å²) in [5.41, 5.74) is 0. The van der Waals surface area contributed by atoms with E-state index in [2.05, 4.69) is 0 Å². The summed E-state index contributed by atoms with van der Waals surface area (Å²) in [7, 11) is 1.82. The maximum Gasteiger partial charge on any atom is 0.200 e. The third-order valence-electron chi connectivity index (χ3n) is 1.32. The van der Waals surface area contributed by atoms with Crippen molar-refractivity contribution in [3.05, 3.63) is 12.0 Å². The minimum Gasteiger partial charge on any atom is -0.503 e. The van der Waals surface area contributed by atoms with E-state index in [1.54, 1.807) is 4.90 Å². The number of nitrogens with zero attached hydrogens (tertiary/aromatic N) is 1. The molecule has 0 bridgehead atoms. The highest BCUT2D eigenvalue weighted by Gasteiger charge is 2.13. The van der Waals surface area contributed by atoms with Crippen LogP contribution in [0.25, 0.3) is 0 Å². The van der Waals surface area contributed by atoms with Gasteiger partial charge in [-0.3, -0.25) is 4.79 Å². The van der Waals surface area contributed by atoms with Gasteiger partial charge in [0, 0.05) is 26.2 Å². The molecule has 0 saturated heterocycles. The minimum atomic E-state index is -0.159. The summed E-state index contributed by atoms with van der Waals surface area (Å²) < 4.78 is 0. The first-order valence-corrected chi connectivity index (χ1v) is 2.84. The van der Waals surface area contributed by atoms with E-state index in [9.17, 15) is 4.79 Å². The first kappa shape index (κ1) is 6.13. The van der Waals surface area contributed by atoms with Crippen molar-refractivity contribution in [1.82, 2.24) is 4.90 Å². The van der Waals surface area contributed by atoms with Crippen LogP contribution < -0.4 is 0 Å². The van der Waals surface area contributed by atoms with E-state index in [1.165, 1.54) is 6.20 Å². The molecule has 0 unspecified atom stereocenters. The van der Waals surface area contributed by atoms with Crippen molar-refractivity contribution >= 4 is 5.78 Å². The van der Waals surface area contributed by atoms with Gasteiger partial charge in [-0.05, 0) is 0 Å². The number of aliphatic hydroxyl groups is 1. The molecule has 1 rings (SSSR count). The van der Waals surface area contributed by atoms with Gasteiger partial charge in [-0.2, -0.15) is 0 Å². The molecule has 1 aliphatic rings. The monoisotopic (exact) mass is 127 g/mol. The van der Waals surface area contributed by atoms with Gasteiger partial charge in [-0.15, -0.1) is 0 Å². The van der Waals surface area contributed by atoms with E-state index < -0.39 is 0 Å². The Morgan fingerprint density at radius 3 is 2.89 bits per heavy atom. The quantitative estimate of drug-likeness (QED) is 0.508. The minimum absolute atomic E-state index is 0.122. The standard InChI is InChI=1S/C6H9NO2/c1-7-3-2-5(8)6(9)4-7/h4,9H,2-3H2,1H3. The predicted octanol–water partition coefficient (Wildman–Crippen LogP) is 0.290. The zero-order valence-corrected chi connectivity index (χ0v) is 5.29. The molecule has 3 nitrogen and oxygen atoms in total. The normalized spacial score (nSPS) is 19.9. The summed E-state index contributed by atoms with van der Waals surface area (Å²) in [4.78, 5) is 12.4. The Hall–Kier alpha value is -0.990. The van der Waals surface area contributed by atoms with Crippen LogP contribution in [0.3, 0.4) is 0 Å². The van der Waals surface area contributed by atoms with Crippen LogP contribution >= 0.6 is 0 Å². The fraction of sp³-hybridized carbons (Fsp3) is 0.500. The lowest BCUT2D eigenvalue weighted by molar-refractivity contribution is -0.119. The van der Waals surface area contributed by atoms with E-state index in [4.69, 9.17) is 5.11 Å². The zero-order valence-electron chi connectivity index (χ0n) is 5.29. The largest absolute Gasteiger partial charge is 0.503 e. The van der Waals surface area contributed by atoms with Gasteiger partial charge >= 0.3 is 0 Å². The molecular formula is C6H9NO2. The number of hydrogen-bond acceptors (Lipinski definition) is 3. The first-order valence-electron chi connectivity index (χ1n) is 2.84. The second-order valence-electron chi connectivity index (χ2n) is 2.17. The first-order chi connectivity index (χ1) is 4.20. The Kier molecular flexibility index (Phi) is 1.42. The van der Waals surface area contributed by atoms with Crippen LogP contribution in [0.5, 0.6) is 0 Å². The van der Waals surface area contributed by atoms with Crippen molar-refractivity contribution in [2.24, 2.45) is 0 Å². The summed E-state index contributed by atoms with van der Waals surface area (Å²) in [6, 6.07) is 0. The van der Waals surface area contributed by atoms with Crippen LogP contribution in [0.15, 0.2) is 12.0 Å². The van der Waals surface area contributed by atoms with Gasteiger partial charge in [-0.25, -0.2) is 0 Å². The Labute approximate surface area is 53.6 Å². The Balaban J connectivity index is 2.72. The predicted molar refractivity (Wildman–Crippen MR) is 33.0 cm³/mol. The summed E-state index contributed by atoms with van der Waals surface area (Å²) >= 11 is 0. The second-order valence-corrected chi connectivity index (χ2v) is 2.17. The summed E-state index contributed by atoms with van der Waals surface area (Å²) in [6.07, 6.45) is 1.88. The van der Waals surface area contributed by atoms with Crippen molar-refractivity contribution in [3.63, 3.8) is 0 Å². The van der Waals surface area contributed by atoms with E-state index in [0.717, 1.165) is 0 Å². The summed E-state index contributed by atoms with van der Waals surface area (Å²) in [6.45, 7) is 0.711. The molecule has 50 valence electrons. The van der Waals surface area contributed by atoms with Gasteiger partial charge in [-0.1, -0.05) is 0 Å². The fourth-order valence-corrected chi connectivity index (χ4v) is 0.751. The number of Topliss-reactive ketones (excluding diaryl/α,β-unsaturated/α-hetero) is 1. The molecule has 1 N–H and O–H groups in total. The Bertz CT molecular complexity index is 162. The van der Waals surface area contributed by atoms with Gasteiger partial charge in [0.1, 0.15) is 0 Å². The van der Waals surface area contributed by atoms with Crippen LogP contribution in [0.1, 0.15) is 6.42 Å². The number of allylic oxidation sites excluding steroid dienone is 1. The van der Waals surface area contributed by atoms with Crippen molar-refractivity contribution < 1.29 is 9.90 Å². The van der Waals surface area contributed by atoms with Crippen molar-refractivity contribution in [2.75, 3.05) is 13.6 Å². The third-order valence-corrected chi connectivity index (χ3v) is 1.32. The molecule has 0 radical (unpaired) electrons. The van der Waals surface area contributed by atoms with Gasteiger partial charge in [0.2, 0.25) is 0 Å². The third kappa shape index (κ3) is 1.22. The smallest absolute Gasteiger partial charge is 0.200 e. The topological polar surface area (TPSA) is 40.5 Å². The maximum absolute atomic E-state index is 10.6. The van der Waals surface area contributed by atoms with Gasteiger partial charge in [0.15, 0.2) is 11.5 Å². The molecule has 0 saturated carbocycles. The van der Waals surface area contributed by atoms with Gasteiger partial charge in [0.25, 0.3) is 0 Å². The molecule has 0 spiro atoms. The van der Waals surface area contributed by atoms with Crippen LogP contribution in [-0.4, -0.2) is 29.4 Å². The number of hydrogen-bond donors (Lipinski definition) is 1. The highest BCUT2D eigenvalue weighted by Crippen LogP contribution is 2.05. The van der Waals surface area contributed by atoms with Crippen molar-refractivity contribution in [1.29, 1.82) is 0 Å². The molecule has 0 aromatic rings. The molecule has 1 heterocycles. The van der Waals surface area contributed by atoms with Crippen molar-refractivity contribution in [3.8, 4) is 0 Å². The van der Waals surface area contributed by atoms with Crippen LogP contribution in [0.4, 0.5) is 0 Å². The molecule has 0 aromatic carbocycles. The highest BCUT2D eigenvalue weighted by molar-refractivity contribution is 5.93. The van der Waals surface area contributed by atoms with E-state index in [0.29, 0.717) is 13.0 Å². The fourth-order valence-electron chi connectivity index (χ4n) is 0.751. The Morgan fingerprint density at radius 2 is 2.44 bits per heavy atom. The van der Waals surface area contributed by atoms with Gasteiger partial charge < -0.3 is 10.0 Å². The van der Waals surface area contributed by atoms with Crippen LogP contribution in [0.2, 0.25) is 0 Å². The lowest BCUT2D eigenvalue weighted by Crippen LogP contribution is -2.23. The molecule has 0 atom stereocenters. The van der Waals surface area contributed by atoms with E-state index in [-0.39, 0.29) is 11.5 Å². The van der Waals surface area contributed by atoms with Crippen molar-refractivity contribution in [2.45, 2.75) is 6.42 Å². The molecule has 9 heavy (non-hydrogen) atoms. The summed E-state index contributed by atoms with van der Waals surface area (Å²) in [5, 5.41) is 8.82. The molecule has 0 amide bonds. The molecule has 0 aromatic heterocycles. The van der Waals surface area contributed by atoms with E-state index in [1.807, 2.05) is 7.05 Å². The average molecular weight is 127 g/mol. The number of ketones is 1. The summed E-state index contributed by atoms with van der Waals surface area (Å²) in [5.74, 6) is -0.281. The molecule has 0 fully saturated rings. The lowest BCUT2D eigenvalue weighted by atomic mass is 10.2. The SMILES string of the molecule is CN1C=C(O)C(=O)CC1. The zero-order chi connectivity index (χ0) is 6.85.